The molecule has 2 aromatic rings. The predicted molar refractivity (Wildman–Crippen MR) is 106 cm³/mol. The third-order valence-corrected chi connectivity index (χ3v) is 5.44. The topological polar surface area (TPSA) is 107 Å². The molecule has 8 heteroatoms. The van der Waals surface area contributed by atoms with Crippen LogP contribution in [-0.4, -0.2) is 67.4 Å². The van der Waals surface area contributed by atoms with E-state index in [9.17, 15) is 15.3 Å². The number of rotatable bonds is 5. The van der Waals surface area contributed by atoms with Crippen LogP contribution >= 0.6 is 0 Å². The smallest absolute Gasteiger partial charge is 0.186 e. The maximum Gasteiger partial charge on any atom is 0.186 e. The Bertz CT molecular complexity index is 883. The fraction of sp³-hybridized carbons (Fsp3) is 0.455. The predicted octanol–water partition coefficient (Wildman–Crippen LogP) is 1.18. The zero-order valence-corrected chi connectivity index (χ0v) is 16.9. The van der Waals surface area contributed by atoms with Gasteiger partial charge >= 0.3 is 0 Å². The van der Waals surface area contributed by atoms with Gasteiger partial charge in [0.2, 0.25) is 0 Å². The van der Waals surface area contributed by atoms with Crippen molar-refractivity contribution in [3.63, 3.8) is 0 Å². The van der Waals surface area contributed by atoms with E-state index in [0.29, 0.717) is 36.7 Å². The summed E-state index contributed by atoms with van der Waals surface area (Å²) in [5.41, 5.74) is 2.52. The van der Waals surface area contributed by atoms with Crippen molar-refractivity contribution in [1.29, 1.82) is 0 Å². The molecule has 5 atom stereocenters. The number of benzene rings is 2. The van der Waals surface area contributed by atoms with Crippen molar-refractivity contribution in [3.8, 4) is 17.2 Å². The molecule has 2 aromatic carbocycles. The highest BCUT2D eigenvalue weighted by Crippen LogP contribution is 2.36. The van der Waals surface area contributed by atoms with Crippen LogP contribution in [-0.2, 0) is 15.9 Å². The van der Waals surface area contributed by atoms with Gasteiger partial charge in [0.05, 0.1) is 7.11 Å². The molecule has 4 rings (SSSR count). The largest absolute Gasteiger partial charge is 0.496 e. The molecule has 0 radical (unpaired) electrons. The highest BCUT2D eigenvalue weighted by molar-refractivity contribution is 5.47. The first-order valence-electron chi connectivity index (χ1n) is 9.79. The third-order valence-electron chi connectivity index (χ3n) is 5.44. The van der Waals surface area contributed by atoms with Gasteiger partial charge in [-0.1, -0.05) is 12.1 Å². The standard InChI is InChI=1S/C22H26O8/c1-26-15-6-4-13(21-19(24)18(23)20(25)22(27-2)30-21)11-14(15)9-12-3-5-16-17(10-12)29-8-7-28-16/h3-6,10-11,18-25H,7-9H2,1-2H3/t18-,19-,20+,21+,22+/m1/s1. The minimum atomic E-state index is -1.39. The average Bonchev–Trinajstić information content (AvgIpc) is 2.77. The number of aliphatic hydroxyl groups excluding tert-OH is 3. The van der Waals surface area contributed by atoms with Crippen molar-refractivity contribution in [3.05, 3.63) is 53.1 Å². The van der Waals surface area contributed by atoms with Crippen LogP contribution in [0.2, 0.25) is 0 Å². The first kappa shape index (κ1) is 20.9. The van der Waals surface area contributed by atoms with Crippen molar-refractivity contribution in [2.75, 3.05) is 27.4 Å². The first-order valence-corrected chi connectivity index (χ1v) is 9.79. The summed E-state index contributed by atoms with van der Waals surface area (Å²) in [5, 5.41) is 30.6. The maximum atomic E-state index is 10.5. The minimum absolute atomic E-state index is 0.515. The number of methoxy groups -OCH3 is 2. The highest BCUT2D eigenvalue weighted by atomic mass is 16.7. The van der Waals surface area contributed by atoms with Crippen LogP contribution in [0.1, 0.15) is 22.8 Å². The maximum absolute atomic E-state index is 10.5. The molecule has 0 unspecified atom stereocenters. The van der Waals surface area contributed by atoms with E-state index in [2.05, 4.69) is 0 Å². The van der Waals surface area contributed by atoms with Gasteiger partial charge in [-0.2, -0.15) is 0 Å². The molecule has 0 saturated carbocycles. The number of hydrogen-bond donors (Lipinski definition) is 3. The molecule has 2 aliphatic heterocycles. The van der Waals surface area contributed by atoms with Crippen molar-refractivity contribution < 1.29 is 39.0 Å². The van der Waals surface area contributed by atoms with E-state index in [4.69, 9.17) is 23.7 Å². The molecule has 162 valence electrons. The summed E-state index contributed by atoms with van der Waals surface area (Å²) in [6.07, 6.45) is -5.39. The van der Waals surface area contributed by atoms with Gasteiger partial charge in [0.25, 0.3) is 0 Å². The number of hydrogen-bond acceptors (Lipinski definition) is 8. The zero-order chi connectivity index (χ0) is 21.3. The van der Waals surface area contributed by atoms with E-state index >= 15 is 0 Å². The van der Waals surface area contributed by atoms with Crippen LogP contribution in [0.15, 0.2) is 36.4 Å². The lowest BCUT2D eigenvalue weighted by atomic mass is 9.91. The highest BCUT2D eigenvalue weighted by Gasteiger charge is 2.44. The Morgan fingerprint density at radius 2 is 1.67 bits per heavy atom. The van der Waals surface area contributed by atoms with Gasteiger partial charge in [0.1, 0.15) is 43.4 Å². The lowest BCUT2D eigenvalue weighted by Crippen LogP contribution is -2.54. The molecular weight excluding hydrogens is 392 g/mol. The molecule has 1 saturated heterocycles. The minimum Gasteiger partial charge on any atom is -0.496 e. The molecular formula is C22H26O8. The number of aliphatic hydroxyl groups is 3. The van der Waals surface area contributed by atoms with Crippen molar-refractivity contribution in [1.82, 2.24) is 0 Å². The van der Waals surface area contributed by atoms with Gasteiger partial charge < -0.3 is 39.0 Å². The van der Waals surface area contributed by atoms with E-state index in [-0.39, 0.29) is 0 Å². The second-order valence-electron chi connectivity index (χ2n) is 7.36. The van der Waals surface area contributed by atoms with E-state index in [1.807, 2.05) is 24.3 Å². The Kier molecular flexibility index (Phi) is 6.12. The zero-order valence-electron chi connectivity index (χ0n) is 16.9. The quantitative estimate of drug-likeness (QED) is 0.665. The average molecular weight is 418 g/mol. The Hall–Kier alpha value is -2.36. The van der Waals surface area contributed by atoms with Crippen LogP contribution in [0.5, 0.6) is 17.2 Å². The molecule has 1 fully saturated rings. The lowest BCUT2D eigenvalue weighted by molar-refractivity contribution is -0.292. The van der Waals surface area contributed by atoms with Crippen molar-refractivity contribution >= 4 is 0 Å². The van der Waals surface area contributed by atoms with Crippen LogP contribution in [0.3, 0.4) is 0 Å². The second kappa shape index (κ2) is 8.79. The number of fused-ring (bicyclic) bond motifs is 1. The normalized spacial score (nSPS) is 28.2. The van der Waals surface area contributed by atoms with Crippen LogP contribution in [0.4, 0.5) is 0 Å². The monoisotopic (exact) mass is 418 g/mol. The molecule has 2 aliphatic rings. The Morgan fingerprint density at radius 3 is 2.40 bits per heavy atom. The summed E-state index contributed by atoms with van der Waals surface area (Å²) in [6, 6.07) is 11.2. The Morgan fingerprint density at radius 1 is 0.900 bits per heavy atom. The van der Waals surface area contributed by atoms with Gasteiger partial charge in [0.15, 0.2) is 17.8 Å². The van der Waals surface area contributed by atoms with Crippen LogP contribution in [0.25, 0.3) is 0 Å². The van der Waals surface area contributed by atoms with Gasteiger partial charge in [0, 0.05) is 13.5 Å². The molecule has 2 heterocycles. The lowest BCUT2D eigenvalue weighted by Gasteiger charge is -2.40. The van der Waals surface area contributed by atoms with E-state index < -0.39 is 30.7 Å². The fourth-order valence-electron chi connectivity index (χ4n) is 3.85. The van der Waals surface area contributed by atoms with Gasteiger partial charge in [-0.25, -0.2) is 0 Å². The summed E-state index contributed by atoms with van der Waals surface area (Å²) in [4.78, 5) is 0. The summed E-state index contributed by atoms with van der Waals surface area (Å²) in [7, 11) is 2.96. The molecule has 0 aliphatic carbocycles. The Balaban J connectivity index is 1.62. The molecule has 0 spiro atoms. The molecule has 8 nitrogen and oxygen atoms in total. The van der Waals surface area contributed by atoms with E-state index in [1.54, 1.807) is 19.2 Å². The fourth-order valence-corrected chi connectivity index (χ4v) is 3.85. The van der Waals surface area contributed by atoms with Crippen molar-refractivity contribution in [2.45, 2.75) is 37.1 Å². The van der Waals surface area contributed by atoms with E-state index in [0.717, 1.165) is 16.9 Å². The van der Waals surface area contributed by atoms with Crippen molar-refractivity contribution in [2.24, 2.45) is 0 Å². The SMILES string of the molecule is COc1ccc([C@@H]2O[C@H](OC)[C@@H](O)[C@H](O)[C@H]2O)cc1Cc1ccc2c(c1)OCCO2. The van der Waals surface area contributed by atoms with Crippen LogP contribution in [0, 0.1) is 0 Å². The molecule has 3 N–H and O–H groups in total. The summed E-state index contributed by atoms with van der Waals surface area (Å²) in [5.74, 6) is 2.12. The van der Waals surface area contributed by atoms with Crippen LogP contribution < -0.4 is 14.2 Å². The summed E-state index contributed by atoms with van der Waals surface area (Å²) >= 11 is 0. The second-order valence-corrected chi connectivity index (χ2v) is 7.36. The Labute approximate surface area is 174 Å². The first-order chi connectivity index (χ1) is 14.5. The third kappa shape index (κ3) is 3.97. The van der Waals surface area contributed by atoms with Gasteiger partial charge in [-0.3, -0.25) is 0 Å². The van der Waals surface area contributed by atoms with E-state index in [1.165, 1.54) is 7.11 Å². The molecule has 30 heavy (non-hydrogen) atoms. The molecule has 0 bridgehead atoms. The molecule has 0 amide bonds. The molecule has 0 aromatic heterocycles. The number of ether oxygens (including phenoxy) is 5. The van der Waals surface area contributed by atoms with Gasteiger partial charge in [-0.15, -0.1) is 0 Å². The summed E-state index contributed by atoms with van der Waals surface area (Å²) < 4.78 is 27.6. The van der Waals surface area contributed by atoms with Gasteiger partial charge in [-0.05, 0) is 41.0 Å². The summed E-state index contributed by atoms with van der Waals surface area (Å²) in [6.45, 7) is 1.05.